The number of pyridine rings is 1. The van der Waals surface area contributed by atoms with Gasteiger partial charge < -0.3 is 19.0 Å². The van der Waals surface area contributed by atoms with E-state index < -0.39 is 5.97 Å². The van der Waals surface area contributed by atoms with Gasteiger partial charge in [0, 0.05) is 16.5 Å². The molecular formula is C21H17ClN2O5. The van der Waals surface area contributed by atoms with Gasteiger partial charge in [-0.3, -0.25) is 0 Å². The van der Waals surface area contributed by atoms with E-state index in [2.05, 4.69) is 10.1 Å². The number of carbonyl (C=O) groups excluding carboxylic acids is 1. The summed E-state index contributed by atoms with van der Waals surface area (Å²) in [5.41, 5.74) is 2.80. The van der Waals surface area contributed by atoms with Crippen LogP contribution in [0.5, 0.6) is 11.5 Å². The highest BCUT2D eigenvalue weighted by Crippen LogP contribution is 2.32. The summed E-state index contributed by atoms with van der Waals surface area (Å²) in [6.07, 6.45) is 0. The summed E-state index contributed by atoms with van der Waals surface area (Å²) >= 11 is 6.17. The Morgan fingerprint density at radius 2 is 2.00 bits per heavy atom. The lowest BCUT2D eigenvalue weighted by atomic mass is 10.1. The van der Waals surface area contributed by atoms with E-state index in [1.807, 2.05) is 36.4 Å². The van der Waals surface area contributed by atoms with Crippen molar-refractivity contribution in [1.29, 1.82) is 0 Å². The van der Waals surface area contributed by atoms with Crippen LogP contribution in [0, 0.1) is 0 Å². The Hall–Kier alpha value is -3.32. The van der Waals surface area contributed by atoms with Crippen molar-refractivity contribution >= 4 is 34.2 Å². The molecule has 0 saturated heterocycles. The number of para-hydroxylation sites is 1. The molecule has 2 heterocycles. The minimum Gasteiger partial charge on any atom is -0.458 e. The minimum atomic E-state index is -0.559. The van der Waals surface area contributed by atoms with Crippen LogP contribution < -0.4 is 9.47 Å². The second-order valence-corrected chi connectivity index (χ2v) is 6.67. The van der Waals surface area contributed by atoms with Gasteiger partial charge in [0.2, 0.25) is 13.4 Å². The number of esters is 1. The Kier molecular flexibility index (Phi) is 5.48. The molecule has 0 N–H and O–H groups in total. The molecule has 1 aromatic heterocycles. The van der Waals surface area contributed by atoms with E-state index in [4.69, 9.17) is 30.6 Å². The number of rotatable bonds is 6. The van der Waals surface area contributed by atoms with Crippen LogP contribution in [0.25, 0.3) is 10.9 Å². The van der Waals surface area contributed by atoms with E-state index in [-0.39, 0.29) is 20.0 Å². The maximum atomic E-state index is 11.9. The maximum absolute atomic E-state index is 11.9. The summed E-state index contributed by atoms with van der Waals surface area (Å²) in [4.78, 5) is 21.4. The fraction of sp³-hybridized carbons (Fsp3) is 0.190. The van der Waals surface area contributed by atoms with Gasteiger partial charge in [-0.1, -0.05) is 35.0 Å². The maximum Gasteiger partial charge on any atom is 0.347 e. The van der Waals surface area contributed by atoms with Crippen LogP contribution in [0.3, 0.4) is 0 Å². The molecule has 7 nitrogen and oxygen atoms in total. The smallest absolute Gasteiger partial charge is 0.347 e. The van der Waals surface area contributed by atoms with Crippen molar-refractivity contribution in [2.75, 3.05) is 13.4 Å². The molecule has 0 atom stereocenters. The number of aromatic nitrogens is 1. The van der Waals surface area contributed by atoms with E-state index in [0.29, 0.717) is 27.9 Å². The third-order valence-corrected chi connectivity index (χ3v) is 4.64. The Morgan fingerprint density at radius 3 is 2.90 bits per heavy atom. The molecular weight excluding hydrogens is 396 g/mol. The normalized spacial score (nSPS) is 12.8. The molecule has 1 aliphatic heterocycles. The number of hydrogen-bond acceptors (Lipinski definition) is 7. The molecule has 8 heteroatoms. The van der Waals surface area contributed by atoms with Crippen LogP contribution >= 0.6 is 11.6 Å². The van der Waals surface area contributed by atoms with Crippen LogP contribution in [-0.2, 0) is 21.0 Å². The fourth-order valence-electron chi connectivity index (χ4n) is 2.79. The highest BCUT2D eigenvalue weighted by Gasteiger charge is 2.14. The van der Waals surface area contributed by atoms with Crippen molar-refractivity contribution in [1.82, 2.24) is 4.98 Å². The second kappa shape index (κ2) is 8.36. The molecule has 0 saturated carbocycles. The molecule has 0 radical (unpaired) electrons. The third-order valence-electron chi connectivity index (χ3n) is 4.31. The molecule has 0 fully saturated rings. The van der Waals surface area contributed by atoms with Crippen molar-refractivity contribution in [2.24, 2.45) is 5.16 Å². The Morgan fingerprint density at radius 1 is 1.17 bits per heavy atom. The quantitative estimate of drug-likeness (QED) is 0.262. The van der Waals surface area contributed by atoms with Gasteiger partial charge in [0.1, 0.15) is 11.8 Å². The van der Waals surface area contributed by atoms with E-state index in [9.17, 15) is 4.79 Å². The summed E-state index contributed by atoms with van der Waals surface area (Å²) in [7, 11) is 0. The van der Waals surface area contributed by atoms with Crippen molar-refractivity contribution in [3.05, 3.63) is 64.8 Å². The molecule has 4 rings (SSSR count). The van der Waals surface area contributed by atoms with E-state index in [1.165, 1.54) is 0 Å². The summed E-state index contributed by atoms with van der Waals surface area (Å²) in [6, 6.07) is 14.9. The average Bonchev–Trinajstić information content (AvgIpc) is 3.20. The second-order valence-electron chi connectivity index (χ2n) is 6.31. The van der Waals surface area contributed by atoms with Gasteiger partial charge >= 0.3 is 5.97 Å². The zero-order chi connectivity index (χ0) is 20.2. The predicted molar refractivity (Wildman–Crippen MR) is 107 cm³/mol. The number of oxime groups is 1. The first kappa shape index (κ1) is 19.0. The molecule has 3 aromatic rings. The zero-order valence-corrected chi connectivity index (χ0v) is 16.3. The molecule has 1 aliphatic rings. The number of benzene rings is 2. The molecule has 29 heavy (non-hydrogen) atoms. The Bertz CT molecular complexity index is 1100. The van der Waals surface area contributed by atoms with Gasteiger partial charge in [0.05, 0.1) is 11.2 Å². The van der Waals surface area contributed by atoms with Gasteiger partial charge in [0.25, 0.3) is 0 Å². The number of ether oxygens (including phenoxy) is 3. The Labute approximate surface area is 171 Å². The minimum absolute atomic E-state index is 0.00369. The number of nitrogens with zero attached hydrogens (tertiary/aromatic N) is 2. The fourth-order valence-corrected chi connectivity index (χ4v) is 2.99. The lowest BCUT2D eigenvalue weighted by Crippen LogP contribution is -2.12. The van der Waals surface area contributed by atoms with Gasteiger partial charge in [-0.15, -0.1) is 0 Å². The van der Waals surface area contributed by atoms with Gasteiger partial charge in [-0.25, -0.2) is 9.78 Å². The summed E-state index contributed by atoms with van der Waals surface area (Å²) in [5, 5.41) is 5.17. The number of fused-ring (bicyclic) bond motifs is 2. The monoisotopic (exact) mass is 412 g/mol. The SMILES string of the molecule is C/C(=N/OCC(=O)OCc1cc2ccccc2nc1Cl)c1ccc2c(c1)OCO2. The van der Waals surface area contributed by atoms with Crippen molar-refractivity contribution in [3.8, 4) is 11.5 Å². The van der Waals surface area contributed by atoms with Crippen LogP contribution in [0.4, 0.5) is 0 Å². The van der Waals surface area contributed by atoms with Crippen molar-refractivity contribution in [3.63, 3.8) is 0 Å². The van der Waals surface area contributed by atoms with Crippen LogP contribution in [0.15, 0.2) is 53.7 Å². The van der Waals surface area contributed by atoms with Crippen molar-refractivity contribution < 1.29 is 23.8 Å². The van der Waals surface area contributed by atoms with Gasteiger partial charge in [0.15, 0.2) is 11.5 Å². The van der Waals surface area contributed by atoms with Gasteiger partial charge in [-0.2, -0.15) is 0 Å². The van der Waals surface area contributed by atoms with Crippen LogP contribution in [-0.4, -0.2) is 30.1 Å². The van der Waals surface area contributed by atoms with Crippen LogP contribution in [0.2, 0.25) is 5.15 Å². The third kappa shape index (κ3) is 4.41. The molecule has 0 aliphatic carbocycles. The van der Waals surface area contributed by atoms with Crippen LogP contribution in [0.1, 0.15) is 18.1 Å². The van der Waals surface area contributed by atoms with Crippen molar-refractivity contribution in [2.45, 2.75) is 13.5 Å². The zero-order valence-electron chi connectivity index (χ0n) is 15.6. The highest BCUT2D eigenvalue weighted by molar-refractivity contribution is 6.30. The number of halogens is 1. The molecule has 0 bridgehead atoms. The summed E-state index contributed by atoms with van der Waals surface area (Å²) in [5.74, 6) is 0.779. The molecule has 2 aromatic carbocycles. The Balaban J connectivity index is 1.31. The summed E-state index contributed by atoms with van der Waals surface area (Å²) in [6.45, 7) is 1.65. The van der Waals surface area contributed by atoms with E-state index in [1.54, 1.807) is 19.1 Å². The number of carbonyl (C=O) groups is 1. The standard InChI is InChI=1S/C21H17ClN2O5/c1-13(14-6-7-18-19(9-14)28-12-27-18)24-29-11-20(25)26-10-16-8-15-4-2-3-5-17(15)23-21(16)22/h2-9H,10-12H2,1H3/b24-13-. The first-order valence-corrected chi connectivity index (χ1v) is 9.24. The topological polar surface area (TPSA) is 79.2 Å². The van der Waals surface area contributed by atoms with E-state index >= 15 is 0 Å². The number of hydrogen-bond donors (Lipinski definition) is 0. The molecule has 0 unspecified atom stereocenters. The highest BCUT2D eigenvalue weighted by atomic mass is 35.5. The first-order chi connectivity index (χ1) is 14.1. The lowest BCUT2D eigenvalue weighted by molar-refractivity contribution is -0.150. The first-order valence-electron chi connectivity index (χ1n) is 8.86. The molecule has 0 spiro atoms. The predicted octanol–water partition coefficient (Wildman–Crippen LogP) is 4.10. The lowest BCUT2D eigenvalue weighted by Gasteiger charge is -2.08. The molecule has 0 amide bonds. The average molecular weight is 413 g/mol. The largest absolute Gasteiger partial charge is 0.458 e. The van der Waals surface area contributed by atoms with E-state index in [0.717, 1.165) is 16.5 Å². The van der Waals surface area contributed by atoms with Gasteiger partial charge in [-0.05, 0) is 37.3 Å². The molecule has 148 valence electrons. The summed E-state index contributed by atoms with van der Waals surface area (Å²) < 4.78 is 15.8.